The van der Waals surface area contributed by atoms with Crippen LogP contribution >= 0.6 is 0 Å². The lowest BCUT2D eigenvalue weighted by molar-refractivity contribution is -0.384. The van der Waals surface area contributed by atoms with Gasteiger partial charge in [-0.2, -0.15) is 0 Å². The summed E-state index contributed by atoms with van der Waals surface area (Å²) < 4.78 is 1.79. The number of aromatic nitrogens is 2. The highest BCUT2D eigenvalue weighted by Gasteiger charge is 2.14. The molecule has 0 aliphatic carbocycles. The lowest BCUT2D eigenvalue weighted by atomic mass is 10.2. The molecule has 0 saturated heterocycles. The highest BCUT2D eigenvalue weighted by molar-refractivity contribution is 5.88. The summed E-state index contributed by atoms with van der Waals surface area (Å²) in [6.07, 6.45) is 3.03. The first-order valence-electron chi connectivity index (χ1n) is 6.10. The number of hydrogen-bond acceptors (Lipinski definition) is 5. The highest BCUT2D eigenvalue weighted by Crippen LogP contribution is 2.25. The van der Waals surface area contributed by atoms with Crippen LogP contribution in [0, 0.1) is 10.1 Å². The topological polar surface area (TPSA) is 93.0 Å². The molecule has 0 aliphatic rings. The van der Waals surface area contributed by atoms with E-state index < -0.39 is 4.92 Å². The summed E-state index contributed by atoms with van der Waals surface area (Å²) in [5.41, 5.74) is 1.84. The SMILES string of the molecule is O=[N+]([O-])c1cccc(-c2nc(/C=N/O)c3ccccn23)c1. The molecule has 104 valence electrons. The van der Waals surface area contributed by atoms with Crippen molar-refractivity contribution in [3.63, 3.8) is 0 Å². The van der Waals surface area contributed by atoms with E-state index >= 15 is 0 Å². The second kappa shape index (κ2) is 5.04. The van der Waals surface area contributed by atoms with Gasteiger partial charge >= 0.3 is 0 Å². The Morgan fingerprint density at radius 1 is 1.29 bits per heavy atom. The van der Waals surface area contributed by atoms with Gasteiger partial charge in [-0.05, 0) is 12.1 Å². The summed E-state index contributed by atoms with van der Waals surface area (Å²) in [6, 6.07) is 11.7. The number of oxime groups is 1. The minimum Gasteiger partial charge on any atom is -0.411 e. The van der Waals surface area contributed by atoms with E-state index in [9.17, 15) is 10.1 Å². The van der Waals surface area contributed by atoms with Crippen molar-refractivity contribution in [2.75, 3.05) is 0 Å². The molecule has 0 spiro atoms. The van der Waals surface area contributed by atoms with Crippen LogP contribution in [0.2, 0.25) is 0 Å². The molecule has 0 bridgehead atoms. The third-order valence-corrected chi connectivity index (χ3v) is 3.07. The van der Waals surface area contributed by atoms with Crippen LogP contribution < -0.4 is 0 Å². The van der Waals surface area contributed by atoms with Gasteiger partial charge in [-0.25, -0.2) is 4.98 Å². The van der Waals surface area contributed by atoms with E-state index in [2.05, 4.69) is 10.1 Å². The molecule has 0 fully saturated rings. The first-order valence-corrected chi connectivity index (χ1v) is 6.10. The number of pyridine rings is 1. The standard InChI is InChI=1S/C14H10N4O3/c19-15-9-12-13-6-1-2-7-17(13)14(16-12)10-4-3-5-11(8-10)18(20)21/h1-9,19H/b15-9+. The largest absolute Gasteiger partial charge is 0.411 e. The number of nitrogens with zero attached hydrogens (tertiary/aromatic N) is 4. The van der Waals surface area contributed by atoms with Gasteiger partial charge in [0, 0.05) is 23.9 Å². The van der Waals surface area contributed by atoms with Gasteiger partial charge < -0.3 is 5.21 Å². The van der Waals surface area contributed by atoms with Crippen LogP contribution in [0.4, 0.5) is 5.69 Å². The molecule has 0 aliphatic heterocycles. The van der Waals surface area contributed by atoms with Crippen LogP contribution in [-0.2, 0) is 0 Å². The zero-order valence-electron chi connectivity index (χ0n) is 10.7. The average molecular weight is 282 g/mol. The molecule has 3 rings (SSSR count). The Hall–Kier alpha value is -3.22. The van der Waals surface area contributed by atoms with Gasteiger partial charge in [0.05, 0.1) is 16.7 Å². The molecule has 2 heterocycles. The number of imidazole rings is 1. The van der Waals surface area contributed by atoms with E-state index in [1.54, 1.807) is 22.7 Å². The van der Waals surface area contributed by atoms with Crippen molar-refractivity contribution in [3.05, 3.63) is 64.5 Å². The summed E-state index contributed by atoms with van der Waals surface area (Å²) >= 11 is 0. The Morgan fingerprint density at radius 3 is 2.90 bits per heavy atom. The smallest absolute Gasteiger partial charge is 0.270 e. The van der Waals surface area contributed by atoms with Crippen molar-refractivity contribution in [2.24, 2.45) is 5.16 Å². The quantitative estimate of drug-likeness (QED) is 0.346. The number of hydrogen-bond donors (Lipinski definition) is 1. The zero-order chi connectivity index (χ0) is 14.8. The molecule has 1 N–H and O–H groups in total. The van der Waals surface area contributed by atoms with Crippen LogP contribution in [0.1, 0.15) is 5.69 Å². The maximum atomic E-state index is 10.9. The number of fused-ring (bicyclic) bond motifs is 1. The fourth-order valence-corrected chi connectivity index (χ4v) is 2.17. The van der Waals surface area contributed by atoms with Gasteiger partial charge in [0.15, 0.2) is 0 Å². The zero-order valence-corrected chi connectivity index (χ0v) is 10.7. The van der Waals surface area contributed by atoms with Crippen molar-refractivity contribution < 1.29 is 10.1 Å². The fourth-order valence-electron chi connectivity index (χ4n) is 2.17. The number of rotatable bonds is 3. The Morgan fingerprint density at radius 2 is 2.14 bits per heavy atom. The molecular formula is C14H10N4O3. The number of non-ortho nitro benzene ring substituents is 1. The van der Waals surface area contributed by atoms with Gasteiger partial charge in [0.2, 0.25) is 0 Å². The second-order valence-corrected chi connectivity index (χ2v) is 4.33. The van der Waals surface area contributed by atoms with E-state index in [-0.39, 0.29) is 5.69 Å². The van der Waals surface area contributed by atoms with Crippen molar-refractivity contribution in [3.8, 4) is 11.4 Å². The van der Waals surface area contributed by atoms with E-state index in [4.69, 9.17) is 5.21 Å². The molecule has 3 aromatic rings. The monoisotopic (exact) mass is 282 g/mol. The molecular weight excluding hydrogens is 272 g/mol. The lowest BCUT2D eigenvalue weighted by Gasteiger charge is -2.00. The number of nitro benzene ring substituents is 1. The van der Waals surface area contributed by atoms with E-state index in [0.29, 0.717) is 17.1 Å². The van der Waals surface area contributed by atoms with Gasteiger partial charge in [0.25, 0.3) is 5.69 Å². The van der Waals surface area contributed by atoms with E-state index in [1.165, 1.54) is 18.3 Å². The maximum absolute atomic E-state index is 10.9. The minimum atomic E-state index is -0.449. The van der Waals surface area contributed by atoms with Gasteiger partial charge in [-0.1, -0.05) is 23.4 Å². The Kier molecular flexibility index (Phi) is 3.07. The molecule has 0 amide bonds. The minimum absolute atomic E-state index is 0.00226. The number of benzene rings is 1. The predicted octanol–water partition coefficient (Wildman–Crippen LogP) is 2.72. The van der Waals surface area contributed by atoms with Gasteiger partial charge in [0.1, 0.15) is 11.5 Å². The molecule has 21 heavy (non-hydrogen) atoms. The third kappa shape index (κ3) is 2.20. The van der Waals surface area contributed by atoms with Crippen LogP contribution in [0.3, 0.4) is 0 Å². The Balaban J connectivity index is 2.25. The fraction of sp³-hybridized carbons (Fsp3) is 0. The summed E-state index contributed by atoms with van der Waals surface area (Å²) in [5, 5.41) is 22.6. The van der Waals surface area contributed by atoms with Crippen molar-refractivity contribution in [1.29, 1.82) is 0 Å². The molecule has 2 aromatic heterocycles. The highest BCUT2D eigenvalue weighted by atomic mass is 16.6. The van der Waals surface area contributed by atoms with Crippen LogP contribution in [0.5, 0.6) is 0 Å². The van der Waals surface area contributed by atoms with Crippen LogP contribution in [-0.4, -0.2) is 25.7 Å². The summed E-state index contributed by atoms with van der Waals surface area (Å²) in [7, 11) is 0. The summed E-state index contributed by atoms with van der Waals surface area (Å²) in [4.78, 5) is 14.8. The third-order valence-electron chi connectivity index (χ3n) is 3.07. The normalized spacial score (nSPS) is 11.2. The maximum Gasteiger partial charge on any atom is 0.270 e. The first kappa shape index (κ1) is 12.8. The predicted molar refractivity (Wildman–Crippen MR) is 76.7 cm³/mol. The Labute approximate surface area is 118 Å². The first-order chi connectivity index (χ1) is 10.2. The van der Waals surface area contributed by atoms with E-state index in [1.807, 2.05) is 18.2 Å². The lowest BCUT2D eigenvalue weighted by Crippen LogP contribution is -1.91. The van der Waals surface area contributed by atoms with Crippen molar-refractivity contribution in [1.82, 2.24) is 9.38 Å². The van der Waals surface area contributed by atoms with Crippen molar-refractivity contribution >= 4 is 17.4 Å². The second-order valence-electron chi connectivity index (χ2n) is 4.33. The summed E-state index contributed by atoms with van der Waals surface area (Å²) in [5.74, 6) is 0.546. The molecule has 0 atom stereocenters. The van der Waals surface area contributed by atoms with Crippen molar-refractivity contribution in [2.45, 2.75) is 0 Å². The Bertz CT molecular complexity index is 854. The molecule has 7 nitrogen and oxygen atoms in total. The van der Waals surface area contributed by atoms with Crippen LogP contribution in [0.15, 0.2) is 53.8 Å². The molecule has 0 saturated carbocycles. The average Bonchev–Trinajstić information content (AvgIpc) is 2.87. The molecule has 1 aromatic carbocycles. The van der Waals surface area contributed by atoms with Gasteiger partial charge in [-0.3, -0.25) is 14.5 Å². The molecule has 0 unspecified atom stereocenters. The molecule has 0 radical (unpaired) electrons. The van der Waals surface area contributed by atoms with E-state index in [0.717, 1.165) is 5.52 Å². The summed E-state index contributed by atoms with van der Waals surface area (Å²) in [6.45, 7) is 0. The number of nitro groups is 1. The van der Waals surface area contributed by atoms with Gasteiger partial charge in [-0.15, -0.1) is 0 Å². The van der Waals surface area contributed by atoms with Crippen LogP contribution in [0.25, 0.3) is 16.9 Å². The molecule has 7 heteroatoms.